The van der Waals surface area contributed by atoms with Gasteiger partial charge in [-0.2, -0.15) is 0 Å². The lowest BCUT2D eigenvalue weighted by Crippen LogP contribution is -2.52. The molecule has 7 nitrogen and oxygen atoms in total. The number of carbonyl (C=O) groups excluding carboxylic acids is 2. The van der Waals surface area contributed by atoms with Crippen LogP contribution in [0.2, 0.25) is 0 Å². The van der Waals surface area contributed by atoms with Crippen LogP contribution in [-0.4, -0.2) is 68.6 Å². The molecule has 190 valence electrons. The zero-order valence-corrected chi connectivity index (χ0v) is 21.7. The first-order valence-electron chi connectivity index (χ1n) is 12.6. The number of nitrogens with zero attached hydrogens (tertiary/aromatic N) is 2. The van der Waals surface area contributed by atoms with Crippen molar-refractivity contribution in [3.63, 3.8) is 0 Å². The number of anilines is 1. The van der Waals surface area contributed by atoms with E-state index in [1.807, 2.05) is 26.8 Å². The first kappa shape index (κ1) is 26.5. The van der Waals surface area contributed by atoms with Gasteiger partial charge in [0.15, 0.2) is 0 Å². The molecule has 2 amide bonds. The number of carbonyl (C=O) groups is 2. The smallest absolute Gasteiger partial charge is 0.255 e. The molecule has 0 bridgehead atoms. The van der Waals surface area contributed by atoms with Gasteiger partial charge in [-0.25, -0.2) is 0 Å². The van der Waals surface area contributed by atoms with Gasteiger partial charge in [-0.05, 0) is 56.0 Å². The van der Waals surface area contributed by atoms with E-state index in [-0.39, 0.29) is 23.8 Å². The van der Waals surface area contributed by atoms with E-state index in [9.17, 15) is 9.59 Å². The van der Waals surface area contributed by atoms with E-state index in [0.717, 1.165) is 39.1 Å². The molecule has 0 radical (unpaired) electrons. The summed E-state index contributed by atoms with van der Waals surface area (Å²) in [6.45, 7) is 13.0. The van der Waals surface area contributed by atoms with Crippen LogP contribution >= 0.6 is 0 Å². The molecule has 2 atom stereocenters. The van der Waals surface area contributed by atoms with Crippen molar-refractivity contribution in [2.75, 3.05) is 44.7 Å². The monoisotopic (exact) mass is 480 g/mol. The average Bonchev–Trinajstić information content (AvgIpc) is 2.85. The van der Waals surface area contributed by atoms with E-state index < -0.39 is 6.04 Å². The SMILES string of the molecule is COc1ccccc1C(=O)NC(C(=O)NC(C)CCN1CCN(c2cccc(C)c2)CC1)C(C)C. The Morgan fingerprint density at radius 2 is 1.69 bits per heavy atom. The van der Waals surface area contributed by atoms with Gasteiger partial charge in [0.05, 0.1) is 12.7 Å². The maximum absolute atomic E-state index is 13.0. The highest BCUT2D eigenvalue weighted by atomic mass is 16.5. The van der Waals surface area contributed by atoms with Crippen LogP contribution in [0.5, 0.6) is 5.75 Å². The summed E-state index contributed by atoms with van der Waals surface area (Å²) in [5.74, 6) is -0.0187. The fourth-order valence-electron chi connectivity index (χ4n) is 4.42. The van der Waals surface area contributed by atoms with Gasteiger partial charge in [-0.15, -0.1) is 0 Å². The molecule has 1 heterocycles. The predicted octanol–water partition coefficient (Wildman–Crippen LogP) is 3.48. The average molecular weight is 481 g/mol. The number of ether oxygens (including phenoxy) is 1. The molecule has 35 heavy (non-hydrogen) atoms. The highest BCUT2D eigenvalue weighted by Gasteiger charge is 2.27. The summed E-state index contributed by atoms with van der Waals surface area (Å²) < 4.78 is 5.29. The standard InChI is InChI=1S/C28H40N4O3/c1-20(2)26(30-27(33)24-11-6-7-12-25(24)35-5)28(34)29-22(4)13-14-31-15-17-32(18-16-31)23-10-8-9-21(3)19-23/h6-12,19-20,22,26H,13-18H2,1-5H3,(H,29,34)(H,30,33). The molecule has 0 spiro atoms. The van der Waals surface area contributed by atoms with Crippen molar-refractivity contribution in [1.29, 1.82) is 0 Å². The summed E-state index contributed by atoms with van der Waals surface area (Å²) in [5.41, 5.74) is 3.00. The summed E-state index contributed by atoms with van der Waals surface area (Å²) in [7, 11) is 1.53. The lowest BCUT2D eigenvalue weighted by molar-refractivity contribution is -0.124. The van der Waals surface area contributed by atoms with Crippen LogP contribution in [0, 0.1) is 12.8 Å². The minimum Gasteiger partial charge on any atom is -0.496 e. The molecule has 2 unspecified atom stereocenters. The summed E-state index contributed by atoms with van der Waals surface area (Å²) in [4.78, 5) is 30.7. The Balaban J connectivity index is 1.46. The maximum atomic E-state index is 13.0. The fraction of sp³-hybridized carbons (Fsp3) is 0.500. The minimum absolute atomic E-state index is 0.0155. The number of amides is 2. The van der Waals surface area contributed by atoms with E-state index in [2.05, 4.69) is 51.6 Å². The van der Waals surface area contributed by atoms with Gasteiger partial charge in [0.1, 0.15) is 11.8 Å². The van der Waals surface area contributed by atoms with Crippen molar-refractivity contribution in [1.82, 2.24) is 15.5 Å². The van der Waals surface area contributed by atoms with Crippen molar-refractivity contribution in [3.8, 4) is 5.75 Å². The Kier molecular flexibility index (Phi) is 9.55. The molecule has 3 rings (SSSR count). The molecule has 2 aromatic rings. The van der Waals surface area contributed by atoms with Crippen LogP contribution in [0.4, 0.5) is 5.69 Å². The Morgan fingerprint density at radius 1 is 0.971 bits per heavy atom. The second-order valence-electron chi connectivity index (χ2n) is 9.76. The topological polar surface area (TPSA) is 73.9 Å². The van der Waals surface area contributed by atoms with Crippen molar-refractivity contribution < 1.29 is 14.3 Å². The van der Waals surface area contributed by atoms with E-state index in [1.165, 1.54) is 18.4 Å². The number of aryl methyl sites for hydroxylation is 1. The van der Waals surface area contributed by atoms with Crippen LogP contribution < -0.4 is 20.3 Å². The van der Waals surface area contributed by atoms with Gasteiger partial charge in [0, 0.05) is 44.5 Å². The molecule has 2 N–H and O–H groups in total. The third-order valence-corrected chi connectivity index (χ3v) is 6.59. The summed E-state index contributed by atoms with van der Waals surface area (Å²) in [6.07, 6.45) is 0.863. The number of para-hydroxylation sites is 1. The second-order valence-corrected chi connectivity index (χ2v) is 9.76. The van der Waals surface area contributed by atoms with Crippen molar-refractivity contribution in [2.24, 2.45) is 5.92 Å². The Labute approximate surface area is 209 Å². The van der Waals surface area contributed by atoms with Gasteiger partial charge >= 0.3 is 0 Å². The zero-order valence-electron chi connectivity index (χ0n) is 21.7. The van der Waals surface area contributed by atoms with Crippen LogP contribution in [0.25, 0.3) is 0 Å². The molecule has 1 aliphatic rings. The summed E-state index contributed by atoms with van der Waals surface area (Å²) in [6, 6.07) is 15.1. The summed E-state index contributed by atoms with van der Waals surface area (Å²) in [5, 5.41) is 6.00. The van der Waals surface area contributed by atoms with E-state index in [4.69, 9.17) is 4.74 Å². The Morgan fingerprint density at radius 3 is 2.34 bits per heavy atom. The highest BCUT2D eigenvalue weighted by Crippen LogP contribution is 2.19. The van der Waals surface area contributed by atoms with Gasteiger partial charge < -0.3 is 20.3 Å². The zero-order chi connectivity index (χ0) is 25.4. The number of hydrogen-bond acceptors (Lipinski definition) is 5. The third-order valence-electron chi connectivity index (χ3n) is 6.59. The molecule has 1 aliphatic heterocycles. The fourth-order valence-corrected chi connectivity index (χ4v) is 4.42. The molecule has 0 aromatic heterocycles. The van der Waals surface area contributed by atoms with E-state index in [0.29, 0.717) is 11.3 Å². The number of benzene rings is 2. The molecular weight excluding hydrogens is 440 g/mol. The molecule has 1 fully saturated rings. The highest BCUT2D eigenvalue weighted by molar-refractivity contribution is 5.99. The molecular formula is C28H40N4O3. The lowest BCUT2D eigenvalue weighted by atomic mass is 10.0. The second kappa shape index (κ2) is 12.6. The number of nitrogens with one attached hydrogen (secondary N) is 2. The summed E-state index contributed by atoms with van der Waals surface area (Å²) >= 11 is 0. The van der Waals surface area contributed by atoms with E-state index >= 15 is 0 Å². The number of hydrogen-bond donors (Lipinski definition) is 2. The van der Waals surface area contributed by atoms with E-state index in [1.54, 1.807) is 18.2 Å². The van der Waals surface area contributed by atoms with Crippen molar-refractivity contribution in [3.05, 3.63) is 59.7 Å². The molecule has 0 saturated carbocycles. The van der Waals surface area contributed by atoms with Gasteiger partial charge in [-0.3, -0.25) is 14.5 Å². The number of methoxy groups -OCH3 is 1. The van der Waals surface area contributed by atoms with Crippen LogP contribution in [-0.2, 0) is 4.79 Å². The normalized spacial score (nSPS) is 16.0. The number of piperazine rings is 1. The quantitative estimate of drug-likeness (QED) is 0.545. The molecule has 7 heteroatoms. The van der Waals surface area contributed by atoms with Crippen LogP contribution in [0.3, 0.4) is 0 Å². The van der Waals surface area contributed by atoms with Gasteiger partial charge in [0.2, 0.25) is 5.91 Å². The van der Waals surface area contributed by atoms with Crippen LogP contribution in [0.1, 0.15) is 43.1 Å². The van der Waals surface area contributed by atoms with Gasteiger partial charge in [-0.1, -0.05) is 38.1 Å². The minimum atomic E-state index is -0.618. The lowest BCUT2D eigenvalue weighted by Gasteiger charge is -2.36. The first-order valence-corrected chi connectivity index (χ1v) is 12.6. The first-order chi connectivity index (χ1) is 16.8. The van der Waals surface area contributed by atoms with Crippen molar-refractivity contribution in [2.45, 2.75) is 46.2 Å². The predicted molar refractivity (Wildman–Crippen MR) is 141 cm³/mol. The largest absolute Gasteiger partial charge is 0.496 e. The Hall–Kier alpha value is -3.06. The van der Waals surface area contributed by atoms with Gasteiger partial charge in [0.25, 0.3) is 5.91 Å². The molecule has 2 aromatic carbocycles. The van der Waals surface area contributed by atoms with Crippen LogP contribution in [0.15, 0.2) is 48.5 Å². The third kappa shape index (κ3) is 7.46. The van der Waals surface area contributed by atoms with Crippen molar-refractivity contribution >= 4 is 17.5 Å². The number of rotatable bonds is 10. The maximum Gasteiger partial charge on any atom is 0.255 e. The molecule has 0 aliphatic carbocycles. The Bertz CT molecular complexity index is 986. The molecule has 1 saturated heterocycles.